The highest BCUT2D eigenvalue weighted by molar-refractivity contribution is 5.99. The summed E-state index contributed by atoms with van der Waals surface area (Å²) in [5, 5.41) is 3.99. The van der Waals surface area contributed by atoms with Gasteiger partial charge in [0.05, 0.1) is 20.3 Å². The van der Waals surface area contributed by atoms with E-state index in [1.807, 2.05) is 49.4 Å². The van der Waals surface area contributed by atoms with Crippen molar-refractivity contribution in [1.29, 1.82) is 0 Å². The number of furan rings is 1. The molecule has 0 unspecified atom stereocenters. The van der Waals surface area contributed by atoms with Crippen molar-refractivity contribution in [3.05, 3.63) is 59.4 Å². The molecule has 1 heterocycles. The molecule has 1 aromatic heterocycles. The van der Waals surface area contributed by atoms with Gasteiger partial charge in [-0.3, -0.25) is 4.79 Å². The topological polar surface area (TPSA) is 60.7 Å². The predicted octanol–water partition coefficient (Wildman–Crippen LogP) is 4.89. The van der Waals surface area contributed by atoms with Crippen molar-refractivity contribution in [2.45, 2.75) is 26.8 Å². The minimum absolute atomic E-state index is 0.134. The molecule has 0 aliphatic heterocycles. The van der Waals surface area contributed by atoms with E-state index >= 15 is 0 Å². The Kier molecular flexibility index (Phi) is 5.40. The molecule has 27 heavy (non-hydrogen) atoms. The molecule has 3 aromatic rings. The van der Waals surface area contributed by atoms with Crippen LogP contribution in [0.3, 0.4) is 0 Å². The maximum Gasteiger partial charge on any atom is 0.287 e. The fourth-order valence-electron chi connectivity index (χ4n) is 3.20. The van der Waals surface area contributed by atoms with Crippen LogP contribution < -0.4 is 14.8 Å². The number of methoxy groups -OCH3 is 2. The minimum atomic E-state index is -0.225. The Bertz CT molecular complexity index is 941. The summed E-state index contributed by atoms with van der Waals surface area (Å²) in [4.78, 5) is 12.9. The highest BCUT2D eigenvalue weighted by Gasteiger charge is 2.23. The predicted molar refractivity (Wildman–Crippen MR) is 106 cm³/mol. The van der Waals surface area contributed by atoms with Crippen LogP contribution >= 0.6 is 0 Å². The van der Waals surface area contributed by atoms with Crippen molar-refractivity contribution >= 4 is 16.9 Å². The van der Waals surface area contributed by atoms with Gasteiger partial charge in [-0.1, -0.05) is 26.0 Å². The summed E-state index contributed by atoms with van der Waals surface area (Å²) in [6.07, 6.45) is 0. The van der Waals surface area contributed by atoms with Crippen LogP contribution in [0.5, 0.6) is 11.5 Å². The SMILES string of the molecule is COc1ccc([C@@H](NC(=O)c2oc3ccc(OC)cc3c2C)C(C)C)cc1. The number of rotatable bonds is 6. The Morgan fingerprint density at radius 1 is 1.00 bits per heavy atom. The second-order valence-electron chi connectivity index (χ2n) is 6.89. The zero-order chi connectivity index (χ0) is 19.6. The van der Waals surface area contributed by atoms with Crippen molar-refractivity contribution in [1.82, 2.24) is 5.32 Å². The lowest BCUT2D eigenvalue weighted by Crippen LogP contribution is -2.31. The van der Waals surface area contributed by atoms with Crippen LogP contribution in [0.1, 0.15) is 41.6 Å². The molecule has 5 heteroatoms. The first-order valence-corrected chi connectivity index (χ1v) is 8.96. The van der Waals surface area contributed by atoms with E-state index in [-0.39, 0.29) is 17.9 Å². The molecule has 0 saturated heterocycles. The van der Waals surface area contributed by atoms with Crippen molar-refractivity contribution in [2.75, 3.05) is 14.2 Å². The second kappa shape index (κ2) is 7.74. The van der Waals surface area contributed by atoms with Gasteiger partial charge in [-0.05, 0) is 48.7 Å². The number of aryl methyl sites for hydroxylation is 1. The number of amides is 1. The van der Waals surface area contributed by atoms with Gasteiger partial charge in [0, 0.05) is 10.9 Å². The van der Waals surface area contributed by atoms with Gasteiger partial charge in [0.25, 0.3) is 5.91 Å². The van der Waals surface area contributed by atoms with Crippen LogP contribution in [-0.4, -0.2) is 20.1 Å². The largest absolute Gasteiger partial charge is 0.497 e. The van der Waals surface area contributed by atoms with Gasteiger partial charge in [0.15, 0.2) is 5.76 Å². The number of benzene rings is 2. The summed E-state index contributed by atoms with van der Waals surface area (Å²) in [5.74, 6) is 1.84. The standard InChI is InChI=1S/C22H25NO4/c1-13(2)20(15-6-8-16(25-4)9-7-15)23-22(24)21-14(3)18-12-17(26-5)10-11-19(18)27-21/h6-13,20H,1-5H3,(H,23,24)/t20-/m0/s1. The van der Waals surface area contributed by atoms with E-state index in [2.05, 4.69) is 19.2 Å². The highest BCUT2D eigenvalue weighted by atomic mass is 16.5. The number of carbonyl (C=O) groups is 1. The molecule has 0 radical (unpaired) electrons. The summed E-state index contributed by atoms with van der Waals surface area (Å²) in [5.41, 5.74) is 2.50. The van der Waals surface area contributed by atoms with Crippen LogP contribution in [-0.2, 0) is 0 Å². The Hall–Kier alpha value is -2.95. The Morgan fingerprint density at radius 2 is 1.63 bits per heavy atom. The smallest absolute Gasteiger partial charge is 0.287 e. The molecule has 0 fully saturated rings. The highest BCUT2D eigenvalue weighted by Crippen LogP contribution is 2.30. The number of carbonyl (C=O) groups excluding carboxylic acids is 1. The second-order valence-corrected chi connectivity index (χ2v) is 6.89. The van der Waals surface area contributed by atoms with Gasteiger partial charge in [-0.25, -0.2) is 0 Å². The first kappa shape index (κ1) is 18.8. The average molecular weight is 367 g/mol. The van der Waals surface area contributed by atoms with Crippen LogP contribution in [0.25, 0.3) is 11.0 Å². The van der Waals surface area contributed by atoms with Gasteiger partial charge in [0.2, 0.25) is 0 Å². The Balaban J connectivity index is 1.89. The van der Waals surface area contributed by atoms with E-state index in [0.29, 0.717) is 11.3 Å². The van der Waals surface area contributed by atoms with Gasteiger partial charge in [-0.15, -0.1) is 0 Å². The first-order chi connectivity index (χ1) is 12.9. The van der Waals surface area contributed by atoms with Crippen LogP contribution in [0, 0.1) is 12.8 Å². The molecule has 0 aliphatic rings. The maximum atomic E-state index is 12.9. The van der Waals surface area contributed by atoms with Gasteiger partial charge < -0.3 is 19.2 Å². The molecule has 0 spiro atoms. The van der Waals surface area contributed by atoms with E-state index in [4.69, 9.17) is 13.9 Å². The molecular formula is C22H25NO4. The third-order valence-electron chi connectivity index (χ3n) is 4.78. The van der Waals surface area contributed by atoms with Crippen LogP contribution in [0.4, 0.5) is 0 Å². The number of ether oxygens (including phenoxy) is 2. The zero-order valence-corrected chi connectivity index (χ0v) is 16.3. The number of hydrogen-bond donors (Lipinski definition) is 1. The lowest BCUT2D eigenvalue weighted by atomic mass is 9.95. The summed E-state index contributed by atoms with van der Waals surface area (Å²) < 4.78 is 16.3. The molecule has 1 atom stereocenters. The van der Waals surface area contributed by atoms with Crippen molar-refractivity contribution in [3.63, 3.8) is 0 Å². The van der Waals surface area contributed by atoms with Crippen LogP contribution in [0.2, 0.25) is 0 Å². The summed E-state index contributed by atoms with van der Waals surface area (Å²) >= 11 is 0. The van der Waals surface area contributed by atoms with Crippen molar-refractivity contribution < 1.29 is 18.7 Å². The fraction of sp³-hybridized carbons (Fsp3) is 0.318. The fourth-order valence-corrected chi connectivity index (χ4v) is 3.20. The third-order valence-corrected chi connectivity index (χ3v) is 4.78. The molecular weight excluding hydrogens is 342 g/mol. The maximum absolute atomic E-state index is 12.9. The van der Waals surface area contributed by atoms with E-state index < -0.39 is 0 Å². The lowest BCUT2D eigenvalue weighted by molar-refractivity contribution is 0.0898. The summed E-state index contributed by atoms with van der Waals surface area (Å²) in [7, 11) is 3.25. The number of fused-ring (bicyclic) bond motifs is 1. The Morgan fingerprint density at radius 3 is 2.22 bits per heavy atom. The third kappa shape index (κ3) is 3.77. The number of hydrogen-bond acceptors (Lipinski definition) is 4. The lowest BCUT2D eigenvalue weighted by Gasteiger charge is -2.22. The first-order valence-electron chi connectivity index (χ1n) is 8.96. The van der Waals surface area contributed by atoms with Gasteiger partial charge in [0.1, 0.15) is 17.1 Å². The quantitative estimate of drug-likeness (QED) is 0.674. The zero-order valence-electron chi connectivity index (χ0n) is 16.3. The molecule has 1 N–H and O–H groups in total. The molecule has 1 amide bonds. The van der Waals surface area contributed by atoms with Crippen LogP contribution in [0.15, 0.2) is 46.9 Å². The molecule has 5 nitrogen and oxygen atoms in total. The normalized spacial score (nSPS) is 12.2. The number of nitrogens with one attached hydrogen (secondary N) is 1. The summed E-state index contributed by atoms with van der Waals surface area (Å²) in [6, 6.07) is 13.1. The molecule has 142 valence electrons. The minimum Gasteiger partial charge on any atom is -0.497 e. The summed E-state index contributed by atoms with van der Waals surface area (Å²) in [6.45, 7) is 6.04. The van der Waals surface area contributed by atoms with Gasteiger partial charge in [-0.2, -0.15) is 0 Å². The molecule has 0 saturated carbocycles. The van der Waals surface area contributed by atoms with E-state index in [1.54, 1.807) is 14.2 Å². The monoisotopic (exact) mass is 367 g/mol. The van der Waals surface area contributed by atoms with E-state index in [9.17, 15) is 4.79 Å². The van der Waals surface area contributed by atoms with Gasteiger partial charge >= 0.3 is 0 Å². The van der Waals surface area contributed by atoms with Crippen molar-refractivity contribution in [3.8, 4) is 11.5 Å². The average Bonchev–Trinajstić information content (AvgIpc) is 3.02. The molecule has 0 aliphatic carbocycles. The van der Waals surface area contributed by atoms with E-state index in [0.717, 1.165) is 28.0 Å². The Labute approximate surface area is 159 Å². The molecule has 0 bridgehead atoms. The molecule has 2 aromatic carbocycles. The van der Waals surface area contributed by atoms with Crippen molar-refractivity contribution in [2.24, 2.45) is 5.92 Å². The molecule has 3 rings (SSSR count). The van der Waals surface area contributed by atoms with E-state index in [1.165, 1.54) is 0 Å².